The summed E-state index contributed by atoms with van der Waals surface area (Å²) < 4.78 is 7.77. The average molecular weight is 453 g/mol. The van der Waals surface area contributed by atoms with Crippen LogP contribution >= 0.6 is 50.1 Å². The molecule has 100 valence electrons. The Balaban J connectivity index is 1.81. The van der Waals surface area contributed by atoms with Gasteiger partial charge in [0.1, 0.15) is 12.4 Å². The highest BCUT2D eigenvalue weighted by Crippen LogP contribution is 2.22. The lowest BCUT2D eigenvalue weighted by Crippen LogP contribution is -2.12. The van der Waals surface area contributed by atoms with Gasteiger partial charge in [-0.25, -0.2) is 0 Å². The van der Waals surface area contributed by atoms with E-state index in [4.69, 9.17) is 16.3 Å². The minimum absolute atomic E-state index is 0.606. The summed E-state index contributed by atoms with van der Waals surface area (Å²) in [5.74, 6) is 0.863. The quantitative estimate of drug-likeness (QED) is 0.498. The summed E-state index contributed by atoms with van der Waals surface area (Å²) in [6.07, 6.45) is 0. The van der Waals surface area contributed by atoms with E-state index >= 15 is 0 Å². The first-order chi connectivity index (χ1) is 9.15. The molecule has 0 aliphatic heterocycles. The van der Waals surface area contributed by atoms with Gasteiger partial charge < -0.3 is 10.1 Å². The van der Waals surface area contributed by atoms with Crippen molar-refractivity contribution in [1.82, 2.24) is 0 Å². The second-order valence-electron chi connectivity index (χ2n) is 3.86. The third-order valence-corrected chi connectivity index (χ3v) is 4.03. The number of anilines is 1. The molecule has 0 radical (unpaired) electrons. The third-order valence-electron chi connectivity index (χ3n) is 2.41. The molecular weight excluding hydrogens is 440 g/mol. The van der Waals surface area contributed by atoms with Crippen molar-refractivity contribution in [3.05, 3.63) is 55.5 Å². The lowest BCUT2D eigenvalue weighted by Gasteiger charge is -2.10. The van der Waals surface area contributed by atoms with Crippen LogP contribution in [-0.4, -0.2) is 13.2 Å². The zero-order valence-corrected chi connectivity index (χ0v) is 14.5. The van der Waals surface area contributed by atoms with Crippen LogP contribution < -0.4 is 10.1 Å². The van der Waals surface area contributed by atoms with Crippen LogP contribution in [0.4, 0.5) is 5.69 Å². The van der Waals surface area contributed by atoms with Crippen LogP contribution in [0.15, 0.2) is 46.9 Å². The molecule has 0 aromatic heterocycles. The number of halogens is 3. The van der Waals surface area contributed by atoms with Gasteiger partial charge in [-0.3, -0.25) is 0 Å². The minimum Gasteiger partial charge on any atom is -0.492 e. The Bertz CT molecular complexity index is 565. The monoisotopic (exact) mass is 451 g/mol. The Labute approximate surface area is 139 Å². The average Bonchev–Trinajstić information content (AvgIpc) is 2.37. The first kappa shape index (κ1) is 14.9. The second-order valence-corrected chi connectivity index (χ2v) is 6.37. The number of hydrogen-bond donors (Lipinski definition) is 1. The summed E-state index contributed by atoms with van der Waals surface area (Å²) in [6.45, 7) is 1.35. The van der Waals surface area contributed by atoms with Crippen molar-refractivity contribution in [3.63, 3.8) is 0 Å². The fourth-order valence-corrected chi connectivity index (χ4v) is 2.98. The maximum absolute atomic E-state index is 5.91. The molecule has 0 fully saturated rings. The predicted molar refractivity (Wildman–Crippen MR) is 92.3 cm³/mol. The molecule has 0 bridgehead atoms. The van der Waals surface area contributed by atoms with Gasteiger partial charge in [-0.15, -0.1) is 0 Å². The van der Waals surface area contributed by atoms with E-state index in [2.05, 4.69) is 43.8 Å². The van der Waals surface area contributed by atoms with Gasteiger partial charge in [-0.05, 0) is 59.0 Å². The Hall–Kier alpha value is -0.460. The number of nitrogens with one attached hydrogen (secondary N) is 1. The molecule has 0 heterocycles. The molecule has 2 rings (SSSR count). The number of rotatable bonds is 5. The normalized spacial score (nSPS) is 10.3. The standard InChI is InChI=1S/C14H12BrClINO/c15-10-2-1-3-12(8-10)19-7-6-18-14-5-4-11(16)9-13(14)17/h1-5,8-9,18H,6-7H2. The van der Waals surface area contributed by atoms with E-state index < -0.39 is 0 Å². The highest BCUT2D eigenvalue weighted by molar-refractivity contribution is 14.1. The van der Waals surface area contributed by atoms with E-state index in [1.54, 1.807) is 0 Å². The van der Waals surface area contributed by atoms with E-state index in [9.17, 15) is 0 Å². The first-order valence-electron chi connectivity index (χ1n) is 5.72. The highest BCUT2D eigenvalue weighted by atomic mass is 127. The lowest BCUT2D eigenvalue weighted by molar-refractivity contribution is 0.332. The van der Waals surface area contributed by atoms with Crippen LogP contribution in [0.5, 0.6) is 5.75 Å². The first-order valence-corrected chi connectivity index (χ1v) is 7.97. The number of ether oxygens (including phenoxy) is 1. The summed E-state index contributed by atoms with van der Waals surface area (Å²) in [5, 5.41) is 4.07. The van der Waals surface area contributed by atoms with E-state index in [0.717, 1.165) is 31.0 Å². The van der Waals surface area contributed by atoms with Gasteiger partial charge in [-0.1, -0.05) is 33.6 Å². The molecule has 0 atom stereocenters. The second kappa shape index (κ2) is 7.36. The lowest BCUT2D eigenvalue weighted by atomic mass is 10.3. The maximum atomic E-state index is 5.91. The topological polar surface area (TPSA) is 21.3 Å². The maximum Gasteiger partial charge on any atom is 0.120 e. The molecule has 0 saturated carbocycles. The number of benzene rings is 2. The van der Waals surface area contributed by atoms with Crippen LogP contribution in [0.1, 0.15) is 0 Å². The summed E-state index contributed by atoms with van der Waals surface area (Å²) in [4.78, 5) is 0. The molecule has 2 aromatic rings. The molecule has 2 aromatic carbocycles. The summed E-state index contributed by atoms with van der Waals surface area (Å²) in [7, 11) is 0. The molecule has 0 aliphatic carbocycles. The van der Waals surface area contributed by atoms with E-state index in [1.807, 2.05) is 42.5 Å². The fraction of sp³-hybridized carbons (Fsp3) is 0.143. The van der Waals surface area contributed by atoms with Crippen molar-refractivity contribution in [3.8, 4) is 5.75 Å². The van der Waals surface area contributed by atoms with E-state index in [0.29, 0.717) is 6.61 Å². The van der Waals surface area contributed by atoms with Crippen LogP contribution in [-0.2, 0) is 0 Å². The Morgan fingerprint density at radius 3 is 2.79 bits per heavy atom. The fourth-order valence-electron chi connectivity index (χ4n) is 1.54. The Morgan fingerprint density at radius 1 is 1.21 bits per heavy atom. The van der Waals surface area contributed by atoms with E-state index in [-0.39, 0.29) is 0 Å². The van der Waals surface area contributed by atoms with Gasteiger partial charge in [0, 0.05) is 25.3 Å². The van der Waals surface area contributed by atoms with Gasteiger partial charge in [0.15, 0.2) is 0 Å². The van der Waals surface area contributed by atoms with Gasteiger partial charge >= 0.3 is 0 Å². The van der Waals surface area contributed by atoms with Crippen molar-refractivity contribution in [2.24, 2.45) is 0 Å². The van der Waals surface area contributed by atoms with Crippen molar-refractivity contribution in [2.45, 2.75) is 0 Å². The predicted octanol–water partition coefficient (Wildman–Crippen LogP) is 5.20. The molecule has 1 N–H and O–H groups in total. The third kappa shape index (κ3) is 4.85. The molecule has 19 heavy (non-hydrogen) atoms. The van der Waals surface area contributed by atoms with Gasteiger partial charge in [-0.2, -0.15) is 0 Å². The van der Waals surface area contributed by atoms with E-state index in [1.165, 1.54) is 0 Å². The van der Waals surface area contributed by atoms with Crippen LogP contribution in [0.2, 0.25) is 5.02 Å². The van der Waals surface area contributed by atoms with Crippen LogP contribution in [0.25, 0.3) is 0 Å². The molecule has 0 spiro atoms. The highest BCUT2D eigenvalue weighted by Gasteiger charge is 2.00. The van der Waals surface area contributed by atoms with Gasteiger partial charge in [0.25, 0.3) is 0 Å². The smallest absolute Gasteiger partial charge is 0.120 e. The van der Waals surface area contributed by atoms with Crippen LogP contribution in [0.3, 0.4) is 0 Å². The summed E-state index contributed by atoms with van der Waals surface area (Å²) >= 11 is 11.6. The SMILES string of the molecule is Clc1ccc(NCCOc2cccc(Br)c2)c(I)c1. The van der Waals surface area contributed by atoms with Gasteiger partial charge in [0.05, 0.1) is 0 Å². The molecule has 0 aliphatic rings. The Morgan fingerprint density at radius 2 is 2.05 bits per heavy atom. The zero-order chi connectivity index (χ0) is 13.7. The molecular formula is C14H12BrClINO. The van der Waals surface area contributed by atoms with Gasteiger partial charge in [0.2, 0.25) is 0 Å². The van der Waals surface area contributed by atoms with Crippen molar-refractivity contribution >= 4 is 55.8 Å². The summed E-state index contributed by atoms with van der Waals surface area (Å²) in [5.41, 5.74) is 1.07. The number of hydrogen-bond acceptors (Lipinski definition) is 2. The molecule has 0 amide bonds. The largest absolute Gasteiger partial charge is 0.492 e. The van der Waals surface area contributed by atoms with Crippen molar-refractivity contribution < 1.29 is 4.74 Å². The van der Waals surface area contributed by atoms with Crippen LogP contribution in [0, 0.1) is 3.57 Å². The summed E-state index contributed by atoms with van der Waals surface area (Å²) in [6, 6.07) is 13.6. The van der Waals surface area contributed by atoms with Crippen molar-refractivity contribution in [1.29, 1.82) is 0 Å². The molecule has 0 unspecified atom stereocenters. The molecule has 2 nitrogen and oxygen atoms in total. The zero-order valence-electron chi connectivity index (χ0n) is 10.00. The Kier molecular flexibility index (Phi) is 5.78. The molecule has 5 heteroatoms. The van der Waals surface area contributed by atoms with Crippen molar-refractivity contribution in [2.75, 3.05) is 18.5 Å². The minimum atomic E-state index is 0.606. The molecule has 0 saturated heterocycles.